The first-order valence-electron chi connectivity index (χ1n) is 6.98. The van der Waals surface area contributed by atoms with Crippen molar-refractivity contribution in [2.45, 2.75) is 49.2 Å². The molecular formula is C14H21ClN2OS2. The van der Waals surface area contributed by atoms with Crippen LogP contribution in [0, 0.1) is 0 Å². The molecule has 1 aliphatic rings. The SMILES string of the molecule is CSC1(CNC(=O)Cc2nc(CCl)cs2)CCCCC1. The molecular weight excluding hydrogens is 312 g/mol. The van der Waals surface area contributed by atoms with Gasteiger partial charge in [-0.3, -0.25) is 4.79 Å². The summed E-state index contributed by atoms with van der Waals surface area (Å²) in [6.07, 6.45) is 8.84. The Morgan fingerprint density at radius 2 is 2.25 bits per heavy atom. The molecule has 1 aromatic rings. The van der Waals surface area contributed by atoms with Crippen molar-refractivity contribution in [1.29, 1.82) is 0 Å². The van der Waals surface area contributed by atoms with Crippen molar-refractivity contribution in [3.05, 3.63) is 16.1 Å². The highest BCUT2D eigenvalue weighted by molar-refractivity contribution is 8.00. The lowest BCUT2D eigenvalue weighted by Crippen LogP contribution is -2.42. The zero-order valence-electron chi connectivity index (χ0n) is 11.8. The highest BCUT2D eigenvalue weighted by Crippen LogP contribution is 2.37. The summed E-state index contributed by atoms with van der Waals surface area (Å²) in [4.78, 5) is 16.3. The van der Waals surface area contributed by atoms with Gasteiger partial charge in [0.15, 0.2) is 0 Å². The molecule has 0 radical (unpaired) electrons. The first-order valence-corrected chi connectivity index (χ1v) is 9.62. The topological polar surface area (TPSA) is 42.0 Å². The molecule has 1 aliphatic carbocycles. The van der Waals surface area contributed by atoms with Crippen LogP contribution in [0.25, 0.3) is 0 Å². The lowest BCUT2D eigenvalue weighted by atomic mass is 9.88. The molecule has 0 unspecified atom stereocenters. The molecule has 0 aliphatic heterocycles. The number of amides is 1. The van der Waals surface area contributed by atoms with Crippen molar-refractivity contribution in [2.75, 3.05) is 12.8 Å². The van der Waals surface area contributed by atoms with Gasteiger partial charge < -0.3 is 5.32 Å². The van der Waals surface area contributed by atoms with Crippen LogP contribution >= 0.6 is 34.7 Å². The molecule has 3 nitrogen and oxygen atoms in total. The van der Waals surface area contributed by atoms with Crippen LogP contribution in [0.3, 0.4) is 0 Å². The predicted octanol–water partition coefficient (Wildman–Crippen LogP) is 3.61. The molecule has 0 bridgehead atoms. The zero-order valence-corrected chi connectivity index (χ0v) is 14.2. The molecule has 1 amide bonds. The van der Waals surface area contributed by atoms with Crippen LogP contribution in [0.5, 0.6) is 0 Å². The summed E-state index contributed by atoms with van der Waals surface area (Å²) < 4.78 is 0.248. The number of hydrogen-bond acceptors (Lipinski definition) is 4. The second-order valence-corrected chi connectivity index (χ2v) is 7.75. The monoisotopic (exact) mass is 332 g/mol. The zero-order chi connectivity index (χ0) is 14.4. The molecule has 0 aromatic carbocycles. The van der Waals surface area contributed by atoms with Crippen LogP contribution < -0.4 is 5.32 Å². The van der Waals surface area contributed by atoms with E-state index in [4.69, 9.17) is 11.6 Å². The van der Waals surface area contributed by atoms with Gasteiger partial charge in [0.05, 0.1) is 18.0 Å². The average molecular weight is 333 g/mol. The summed E-state index contributed by atoms with van der Waals surface area (Å²) >= 11 is 9.13. The molecule has 1 aromatic heterocycles. The number of halogens is 1. The summed E-state index contributed by atoms with van der Waals surface area (Å²) in [5, 5.41) is 5.86. The lowest BCUT2D eigenvalue weighted by molar-refractivity contribution is -0.120. The molecule has 20 heavy (non-hydrogen) atoms. The van der Waals surface area contributed by atoms with E-state index in [1.165, 1.54) is 43.4 Å². The lowest BCUT2D eigenvalue weighted by Gasteiger charge is -2.35. The number of thiazole rings is 1. The van der Waals surface area contributed by atoms with Gasteiger partial charge in [0.2, 0.25) is 5.91 Å². The first kappa shape index (κ1) is 16.1. The van der Waals surface area contributed by atoms with Gasteiger partial charge in [-0.05, 0) is 19.1 Å². The number of rotatable bonds is 6. The number of nitrogens with zero attached hydrogens (tertiary/aromatic N) is 1. The van der Waals surface area contributed by atoms with Crippen molar-refractivity contribution in [3.63, 3.8) is 0 Å². The molecule has 0 saturated heterocycles. The van der Waals surface area contributed by atoms with Gasteiger partial charge in [0.25, 0.3) is 0 Å². The van der Waals surface area contributed by atoms with Crippen molar-refractivity contribution in [2.24, 2.45) is 0 Å². The minimum atomic E-state index is 0.0690. The average Bonchev–Trinajstić information content (AvgIpc) is 2.94. The van der Waals surface area contributed by atoms with Crippen molar-refractivity contribution in [1.82, 2.24) is 10.3 Å². The Morgan fingerprint density at radius 1 is 1.50 bits per heavy atom. The standard InChI is InChI=1S/C14H21ClN2OS2/c1-19-14(5-3-2-4-6-14)10-16-12(18)7-13-17-11(8-15)9-20-13/h9H,2-8,10H2,1H3,(H,16,18). The maximum absolute atomic E-state index is 12.0. The van der Waals surface area contributed by atoms with Crippen LogP contribution in [0.4, 0.5) is 0 Å². The van der Waals surface area contributed by atoms with Crippen LogP contribution in [0.2, 0.25) is 0 Å². The second-order valence-electron chi connectivity index (χ2n) is 5.27. The first-order chi connectivity index (χ1) is 9.67. The van der Waals surface area contributed by atoms with Crippen LogP contribution in [-0.2, 0) is 17.1 Å². The third-order valence-corrected chi connectivity index (χ3v) is 6.44. The third kappa shape index (κ3) is 4.37. The largest absolute Gasteiger partial charge is 0.354 e. The second kappa shape index (κ2) is 7.66. The smallest absolute Gasteiger partial charge is 0.226 e. The number of thioether (sulfide) groups is 1. The van der Waals surface area contributed by atoms with Gasteiger partial charge >= 0.3 is 0 Å². The van der Waals surface area contributed by atoms with E-state index in [9.17, 15) is 4.79 Å². The number of aromatic nitrogens is 1. The molecule has 0 spiro atoms. The summed E-state index contributed by atoms with van der Waals surface area (Å²) in [5.41, 5.74) is 0.854. The Bertz CT molecular complexity index is 444. The van der Waals surface area contributed by atoms with Gasteiger partial charge in [-0.2, -0.15) is 11.8 Å². The maximum atomic E-state index is 12.0. The van der Waals surface area contributed by atoms with E-state index in [0.29, 0.717) is 12.3 Å². The number of alkyl halides is 1. The van der Waals surface area contributed by atoms with E-state index in [0.717, 1.165) is 17.2 Å². The summed E-state index contributed by atoms with van der Waals surface area (Å²) in [7, 11) is 0. The van der Waals surface area contributed by atoms with E-state index in [1.807, 2.05) is 17.1 Å². The number of hydrogen-bond donors (Lipinski definition) is 1. The van der Waals surface area contributed by atoms with Crippen molar-refractivity contribution >= 4 is 40.6 Å². The Labute approximate surface area is 133 Å². The summed E-state index contributed by atoms with van der Waals surface area (Å²) in [5.74, 6) is 0.479. The Balaban J connectivity index is 1.81. The summed E-state index contributed by atoms with van der Waals surface area (Å²) in [6.45, 7) is 0.779. The highest BCUT2D eigenvalue weighted by Gasteiger charge is 2.31. The Kier molecular flexibility index (Phi) is 6.18. The molecule has 6 heteroatoms. The van der Waals surface area contributed by atoms with E-state index >= 15 is 0 Å². The molecule has 1 N–H and O–H groups in total. The van der Waals surface area contributed by atoms with E-state index < -0.39 is 0 Å². The minimum Gasteiger partial charge on any atom is -0.354 e. The maximum Gasteiger partial charge on any atom is 0.226 e. The van der Waals surface area contributed by atoms with Gasteiger partial charge in [-0.15, -0.1) is 22.9 Å². The molecule has 1 saturated carbocycles. The van der Waals surface area contributed by atoms with Crippen LogP contribution in [0.1, 0.15) is 42.8 Å². The quantitative estimate of drug-likeness (QED) is 0.809. The summed E-state index contributed by atoms with van der Waals surface area (Å²) in [6, 6.07) is 0. The van der Waals surface area contributed by atoms with Crippen LogP contribution in [0.15, 0.2) is 5.38 Å². The van der Waals surface area contributed by atoms with E-state index in [-0.39, 0.29) is 10.7 Å². The fourth-order valence-corrected chi connectivity index (χ4v) is 4.53. The minimum absolute atomic E-state index is 0.0690. The Hall–Kier alpha value is -0.260. The fraction of sp³-hybridized carbons (Fsp3) is 0.714. The molecule has 2 rings (SSSR count). The van der Waals surface area contributed by atoms with Crippen LogP contribution in [-0.4, -0.2) is 28.4 Å². The third-order valence-electron chi connectivity index (χ3n) is 3.85. The van der Waals surface area contributed by atoms with E-state index in [1.54, 1.807) is 0 Å². The predicted molar refractivity (Wildman–Crippen MR) is 87.7 cm³/mol. The number of carbonyl (C=O) groups is 1. The highest BCUT2D eigenvalue weighted by atomic mass is 35.5. The molecule has 1 fully saturated rings. The van der Waals surface area contributed by atoms with Crippen molar-refractivity contribution in [3.8, 4) is 0 Å². The van der Waals surface area contributed by atoms with E-state index in [2.05, 4.69) is 16.6 Å². The molecule has 1 heterocycles. The normalized spacial score (nSPS) is 17.9. The number of nitrogens with one attached hydrogen (secondary N) is 1. The fourth-order valence-electron chi connectivity index (χ4n) is 2.60. The molecule has 0 atom stereocenters. The number of carbonyl (C=O) groups excluding carboxylic acids is 1. The molecule has 112 valence electrons. The van der Waals surface area contributed by atoms with Gasteiger partial charge in [-0.1, -0.05) is 19.3 Å². The van der Waals surface area contributed by atoms with Crippen molar-refractivity contribution < 1.29 is 4.79 Å². The van der Waals surface area contributed by atoms with Gasteiger partial charge in [0, 0.05) is 16.7 Å². The van der Waals surface area contributed by atoms with Gasteiger partial charge in [-0.25, -0.2) is 4.98 Å². The van der Waals surface area contributed by atoms with Gasteiger partial charge in [0.1, 0.15) is 5.01 Å². The Morgan fingerprint density at radius 3 is 2.85 bits per heavy atom.